The third kappa shape index (κ3) is 1.33. The molecule has 12 heavy (non-hydrogen) atoms. The SMILES string of the molecule is N[C@@H]1CCC[C@H]2NC(=O)CC[C@@H]12. The van der Waals surface area contributed by atoms with Gasteiger partial charge in [0.2, 0.25) is 5.91 Å². The standard InChI is InChI=1S/C9H16N2O/c10-7-2-1-3-8-6(7)4-5-9(12)11-8/h6-8H,1-5,10H2,(H,11,12)/t6-,7+,8+/m0/s1. The van der Waals surface area contributed by atoms with Crippen molar-refractivity contribution in [2.45, 2.75) is 44.2 Å². The zero-order valence-electron chi connectivity index (χ0n) is 7.25. The average molecular weight is 168 g/mol. The molecule has 1 saturated carbocycles. The van der Waals surface area contributed by atoms with Crippen molar-refractivity contribution in [3.63, 3.8) is 0 Å². The number of amides is 1. The molecule has 2 rings (SSSR count). The van der Waals surface area contributed by atoms with Gasteiger partial charge in [-0.2, -0.15) is 0 Å². The minimum atomic E-state index is 0.213. The van der Waals surface area contributed by atoms with Gasteiger partial charge < -0.3 is 11.1 Å². The van der Waals surface area contributed by atoms with Crippen LogP contribution in [0.1, 0.15) is 32.1 Å². The van der Waals surface area contributed by atoms with E-state index in [0.717, 1.165) is 19.3 Å². The minimum absolute atomic E-state index is 0.213. The second kappa shape index (κ2) is 3.05. The smallest absolute Gasteiger partial charge is 0.220 e. The molecule has 1 aliphatic carbocycles. The number of carbonyl (C=O) groups excluding carboxylic acids is 1. The Labute approximate surface area is 72.7 Å². The quantitative estimate of drug-likeness (QED) is 0.550. The molecule has 0 spiro atoms. The lowest BCUT2D eigenvalue weighted by Gasteiger charge is -2.39. The van der Waals surface area contributed by atoms with Crippen LogP contribution in [0.3, 0.4) is 0 Å². The summed E-state index contributed by atoms with van der Waals surface area (Å²) >= 11 is 0. The molecular formula is C9H16N2O. The first kappa shape index (κ1) is 8.05. The highest BCUT2D eigenvalue weighted by molar-refractivity contribution is 5.77. The Morgan fingerprint density at radius 1 is 1.33 bits per heavy atom. The number of fused-ring (bicyclic) bond motifs is 1. The summed E-state index contributed by atoms with van der Waals surface area (Å²) in [6.07, 6.45) is 5.11. The fourth-order valence-electron chi connectivity index (χ4n) is 2.47. The number of nitrogens with one attached hydrogen (secondary N) is 1. The molecule has 3 nitrogen and oxygen atoms in total. The molecule has 0 aromatic carbocycles. The molecule has 3 N–H and O–H groups in total. The van der Waals surface area contributed by atoms with Gasteiger partial charge in [-0.25, -0.2) is 0 Å². The normalized spacial score (nSPS) is 41.8. The molecule has 68 valence electrons. The third-order valence-corrected chi connectivity index (χ3v) is 3.17. The number of rotatable bonds is 0. The summed E-state index contributed by atoms with van der Waals surface area (Å²) in [5.41, 5.74) is 5.98. The third-order valence-electron chi connectivity index (χ3n) is 3.17. The maximum atomic E-state index is 11.1. The molecule has 3 heteroatoms. The molecule has 0 aromatic heterocycles. The molecule has 0 unspecified atom stereocenters. The van der Waals surface area contributed by atoms with Crippen molar-refractivity contribution in [2.75, 3.05) is 0 Å². The van der Waals surface area contributed by atoms with E-state index < -0.39 is 0 Å². The summed E-state index contributed by atoms with van der Waals surface area (Å²) in [6.45, 7) is 0. The van der Waals surface area contributed by atoms with Crippen LogP contribution in [0.4, 0.5) is 0 Å². The van der Waals surface area contributed by atoms with Crippen LogP contribution in [0.5, 0.6) is 0 Å². The van der Waals surface area contributed by atoms with Gasteiger partial charge >= 0.3 is 0 Å². The molecule has 0 radical (unpaired) electrons. The Hall–Kier alpha value is -0.570. The summed E-state index contributed by atoms with van der Waals surface area (Å²) in [7, 11) is 0. The molecule has 1 heterocycles. The largest absolute Gasteiger partial charge is 0.353 e. The van der Waals surface area contributed by atoms with E-state index in [1.807, 2.05) is 0 Å². The van der Waals surface area contributed by atoms with Crippen molar-refractivity contribution in [1.29, 1.82) is 0 Å². The first-order valence-corrected chi connectivity index (χ1v) is 4.82. The van der Waals surface area contributed by atoms with Gasteiger partial charge in [0.25, 0.3) is 0 Å². The van der Waals surface area contributed by atoms with Crippen LogP contribution < -0.4 is 11.1 Å². The predicted molar refractivity (Wildman–Crippen MR) is 46.5 cm³/mol. The number of hydrogen-bond donors (Lipinski definition) is 2. The van der Waals surface area contributed by atoms with Crippen molar-refractivity contribution >= 4 is 5.91 Å². The average Bonchev–Trinajstić information content (AvgIpc) is 2.04. The van der Waals surface area contributed by atoms with Crippen LogP contribution in [0.25, 0.3) is 0 Å². The van der Waals surface area contributed by atoms with Crippen molar-refractivity contribution in [3.8, 4) is 0 Å². The Morgan fingerprint density at radius 2 is 2.17 bits per heavy atom. The van der Waals surface area contributed by atoms with E-state index in [1.165, 1.54) is 6.42 Å². The first-order valence-electron chi connectivity index (χ1n) is 4.82. The van der Waals surface area contributed by atoms with E-state index in [2.05, 4.69) is 5.32 Å². The molecule has 0 bridgehead atoms. The first-order chi connectivity index (χ1) is 5.77. The fraction of sp³-hybridized carbons (Fsp3) is 0.889. The number of nitrogens with two attached hydrogens (primary N) is 1. The summed E-state index contributed by atoms with van der Waals surface area (Å²) in [4.78, 5) is 11.1. The monoisotopic (exact) mass is 168 g/mol. The van der Waals surface area contributed by atoms with Gasteiger partial charge in [0, 0.05) is 18.5 Å². The zero-order chi connectivity index (χ0) is 8.55. The van der Waals surface area contributed by atoms with Gasteiger partial charge in [0.15, 0.2) is 0 Å². The van der Waals surface area contributed by atoms with Gasteiger partial charge in [-0.3, -0.25) is 4.79 Å². The zero-order valence-corrected chi connectivity index (χ0v) is 7.25. The lowest BCUT2D eigenvalue weighted by Crippen LogP contribution is -2.53. The Balaban J connectivity index is 2.04. The number of hydrogen-bond acceptors (Lipinski definition) is 2. The van der Waals surface area contributed by atoms with Gasteiger partial charge in [-0.15, -0.1) is 0 Å². The van der Waals surface area contributed by atoms with Crippen molar-refractivity contribution < 1.29 is 4.79 Å². The molecular weight excluding hydrogens is 152 g/mol. The lowest BCUT2D eigenvalue weighted by molar-refractivity contribution is -0.125. The van der Waals surface area contributed by atoms with Crippen LogP contribution in [-0.2, 0) is 4.79 Å². The summed E-state index contributed by atoms with van der Waals surface area (Å²) in [5.74, 6) is 0.766. The highest BCUT2D eigenvalue weighted by Crippen LogP contribution is 2.29. The van der Waals surface area contributed by atoms with Crippen LogP contribution in [0, 0.1) is 5.92 Å². The second-order valence-electron chi connectivity index (χ2n) is 3.97. The van der Waals surface area contributed by atoms with Gasteiger partial charge in [0.1, 0.15) is 0 Å². The van der Waals surface area contributed by atoms with E-state index in [9.17, 15) is 4.79 Å². The van der Waals surface area contributed by atoms with Gasteiger partial charge in [-0.05, 0) is 31.6 Å². The molecule has 0 aromatic rings. The highest BCUT2D eigenvalue weighted by Gasteiger charge is 2.35. The molecule has 2 aliphatic rings. The lowest BCUT2D eigenvalue weighted by atomic mass is 9.76. The second-order valence-corrected chi connectivity index (χ2v) is 3.97. The molecule has 3 atom stereocenters. The summed E-state index contributed by atoms with van der Waals surface area (Å²) in [5, 5.41) is 3.03. The Kier molecular flexibility index (Phi) is 2.05. The van der Waals surface area contributed by atoms with Crippen molar-refractivity contribution in [3.05, 3.63) is 0 Å². The van der Waals surface area contributed by atoms with E-state index in [0.29, 0.717) is 24.4 Å². The van der Waals surface area contributed by atoms with Crippen molar-refractivity contribution in [1.82, 2.24) is 5.32 Å². The van der Waals surface area contributed by atoms with E-state index >= 15 is 0 Å². The van der Waals surface area contributed by atoms with Gasteiger partial charge in [-0.1, -0.05) is 0 Å². The fourth-order valence-corrected chi connectivity index (χ4v) is 2.47. The van der Waals surface area contributed by atoms with Crippen molar-refractivity contribution in [2.24, 2.45) is 11.7 Å². The Bertz CT molecular complexity index is 193. The van der Waals surface area contributed by atoms with E-state index in [4.69, 9.17) is 5.73 Å². The highest BCUT2D eigenvalue weighted by atomic mass is 16.1. The molecule has 2 fully saturated rings. The minimum Gasteiger partial charge on any atom is -0.353 e. The van der Waals surface area contributed by atoms with Crippen LogP contribution in [-0.4, -0.2) is 18.0 Å². The maximum absolute atomic E-state index is 11.1. The number of carbonyl (C=O) groups is 1. The van der Waals surface area contributed by atoms with E-state index in [-0.39, 0.29) is 5.91 Å². The summed E-state index contributed by atoms with van der Waals surface area (Å²) < 4.78 is 0. The molecule has 1 saturated heterocycles. The van der Waals surface area contributed by atoms with Crippen LogP contribution in [0.2, 0.25) is 0 Å². The molecule has 1 aliphatic heterocycles. The predicted octanol–water partition coefficient (Wildman–Crippen LogP) is 0.392. The topological polar surface area (TPSA) is 55.1 Å². The van der Waals surface area contributed by atoms with Crippen LogP contribution >= 0.6 is 0 Å². The number of piperidine rings is 1. The summed E-state index contributed by atoms with van der Waals surface area (Å²) in [6, 6.07) is 0.708. The molecule has 1 amide bonds. The van der Waals surface area contributed by atoms with Gasteiger partial charge in [0.05, 0.1) is 0 Å². The maximum Gasteiger partial charge on any atom is 0.220 e. The Morgan fingerprint density at radius 3 is 3.00 bits per heavy atom. The van der Waals surface area contributed by atoms with E-state index in [1.54, 1.807) is 0 Å². The van der Waals surface area contributed by atoms with Crippen LogP contribution in [0.15, 0.2) is 0 Å².